The molecule has 0 heterocycles. The van der Waals surface area contributed by atoms with Gasteiger partial charge in [0, 0.05) is 16.8 Å². The lowest BCUT2D eigenvalue weighted by Crippen LogP contribution is -2.10. The molecule has 5 aromatic carbocycles. The first-order valence-corrected chi connectivity index (χ1v) is 11.7. The van der Waals surface area contributed by atoms with Gasteiger partial charge in [0.25, 0.3) is 0 Å². The summed E-state index contributed by atoms with van der Waals surface area (Å²) < 4.78 is 0. The van der Waals surface area contributed by atoms with Gasteiger partial charge in [-0.15, -0.1) is 0 Å². The Bertz CT molecular complexity index is 1640. The highest BCUT2D eigenvalue weighted by Crippen LogP contribution is 2.39. The van der Waals surface area contributed by atoms with Gasteiger partial charge in [-0.05, 0) is 59.8 Å². The van der Waals surface area contributed by atoms with E-state index < -0.39 is 0 Å². The number of nitriles is 1. The standard InChI is InChI=1S/C33H23N3/c1-24-10-17-29(18-11-24)36(33-9-5-7-27-6-3-4-8-31(27)33)30-19-13-25(14-20-30)12-16-28-22-26(23-34)15-21-32(28)35-2/h3-22H,1H3. The van der Waals surface area contributed by atoms with Gasteiger partial charge in [0.05, 0.1) is 23.9 Å². The highest BCUT2D eigenvalue weighted by atomic mass is 15.1. The molecule has 0 spiro atoms. The van der Waals surface area contributed by atoms with Crippen molar-refractivity contribution in [3.8, 4) is 6.07 Å². The second kappa shape index (κ2) is 10.0. The molecule has 0 aromatic heterocycles. The van der Waals surface area contributed by atoms with E-state index in [1.54, 1.807) is 18.2 Å². The van der Waals surface area contributed by atoms with Crippen LogP contribution in [0.3, 0.4) is 0 Å². The van der Waals surface area contributed by atoms with Gasteiger partial charge >= 0.3 is 0 Å². The van der Waals surface area contributed by atoms with E-state index in [1.165, 1.54) is 16.3 Å². The van der Waals surface area contributed by atoms with E-state index in [1.807, 2.05) is 12.2 Å². The third-order valence-electron chi connectivity index (χ3n) is 6.18. The number of anilines is 3. The predicted octanol–water partition coefficient (Wildman–Crippen LogP) is 9.21. The molecule has 0 N–H and O–H groups in total. The SMILES string of the molecule is [C-]#[N+]c1ccc(C#N)cc1C=Cc1ccc(N(c2ccc(C)cc2)c2cccc3ccccc23)cc1. The molecule has 5 aromatic rings. The molecule has 0 unspecified atom stereocenters. The zero-order valence-electron chi connectivity index (χ0n) is 19.9. The average Bonchev–Trinajstić information content (AvgIpc) is 2.93. The Hall–Kier alpha value is -5.12. The molecule has 0 fully saturated rings. The average molecular weight is 462 g/mol. The minimum absolute atomic E-state index is 0.531. The molecular formula is C33H23N3. The van der Waals surface area contributed by atoms with Crippen molar-refractivity contribution in [1.82, 2.24) is 0 Å². The fourth-order valence-electron chi connectivity index (χ4n) is 4.30. The third-order valence-corrected chi connectivity index (χ3v) is 6.18. The topological polar surface area (TPSA) is 31.4 Å². The quantitative estimate of drug-likeness (QED) is 0.193. The van der Waals surface area contributed by atoms with Crippen LogP contribution in [-0.4, -0.2) is 0 Å². The van der Waals surface area contributed by atoms with Crippen LogP contribution in [0.1, 0.15) is 22.3 Å². The van der Waals surface area contributed by atoms with E-state index in [9.17, 15) is 5.26 Å². The van der Waals surface area contributed by atoms with Crippen molar-refractivity contribution < 1.29 is 0 Å². The Labute approximate surface area is 211 Å². The zero-order chi connectivity index (χ0) is 24.9. The molecule has 0 aliphatic rings. The molecule has 0 aliphatic heterocycles. The Morgan fingerprint density at radius 3 is 2.19 bits per heavy atom. The van der Waals surface area contributed by atoms with E-state index >= 15 is 0 Å². The second-order valence-corrected chi connectivity index (χ2v) is 8.59. The molecule has 0 saturated heterocycles. The molecule has 0 atom stereocenters. The summed E-state index contributed by atoms with van der Waals surface area (Å²) >= 11 is 0. The Morgan fingerprint density at radius 1 is 0.778 bits per heavy atom. The first-order chi connectivity index (χ1) is 17.7. The maximum atomic E-state index is 9.21. The Kier molecular flexibility index (Phi) is 6.31. The van der Waals surface area contributed by atoms with Gasteiger partial charge in [-0.25, -0.2) is 4.85 Å². The Morgan fingerprint density at radius 2 is 1.47 bits per heavy atom. The minimum Gasteiger partial charge on any atom is -0.310 e. The van der Waals surface area contributed by atoms with Crippen LogP contribution in [-0.2, 0) is 0 Å². The van der Waals surface area contributed by atoms with Gasteiger partial charge < -0.3 is 4.90 Å². The van der Waals surface area contributed by atoms with Crippen molar-refractivity contribution >= 4 is 45.7 Å². The van der Waals surface area contributed by atoms with Crippen LogP contribution in [0.25, 0.3) is 27.8 Å². The number of aryl methyl sites for hydroxylation is 1. The number of fused-ring (bicyclic) bond motifs is 1. The summed E-state index contributed by atoms with van der Waals surface area (Å²) in [5, 5.41) is 11.6. The third kappa shape index (κ3) is 4.60. The van der Waals surface area contributed by atoms with Crippen molar-refractivity contribution in [2.24, 2.45) is 0 Å². The molecule has 36 heavy (non-hydrogen) atoms. The molecule has 0 amide bonds. The lowest BCUT2D eigenvalue weighted by atomic mass is 10.0. The van der Waals surface area contributed by atoms with Gasteiger partial charge in [0.15, 0.2) is 5.69 Å². The molecule has 3 heteroatoms. The molecule has 5 rings (SSSR count). The smallest absolute Gasteiger partial charge is 0.194 e. The van der Waals surface area contributed by atoms with Gasteiger partial charge in [0.1, 0.15) is 0 Å². The summed E-state index contributed by atoms with van der Waals surface area (Å²) in [6, 6.07) is 39.0. The van der Waals surface area contributed by atoms with Crippen molar-refractivity contribution in [3.05, 3.63) is 143 Å². The summed E-state index contributed by atoms with van der Waals surface area (Å²) in [5.74, 6) is 0. The van der Waals surface area contributed by atoms with Gasteiger partial charge in [0.2, 0.25) is 0 Å². The van der Waals surface area contributed by atoms with Crippen LogP contribution in [0.2, 0.25) is 0 Å². The fourth-order valence-corrected chi connectivity index (χ4v) is 4.30. The van der Waals surface area contributed by atoms with Crippen LogP contribution in [0, 0.1) is 24.8 Å². The molecule has 170 valence electrons. The predicted molar refractivity (Wildman–Crippen MR) is 150 cm³/mol. The molecule has 0 aliphatic carbocycles. The monoisotopic (exact) mass is 461 g/mol. The summed E-state index contributed by atoms with van der Waals surface area (Å²) in [4.78, 5) is 5.86. The van der Waals surface area contributed by atoms with Crippen molar-refractivity contribution in [3.63, 3.8) is 0 Å². The molecule has 0 radical (unpaired) electrons. The molecule has 0 bridgehead atoms. The number of rotatable bonds is 5. The lowest BCUT2D eigenvalue weighted by molar-refractivity contribution is 1.29. The molecule has 3 nitrogen and oxygen atoms in total. The summed E-state index contributed by atoms with van der Waals surface area (Å²) in [5.41, 5.74) is 7.32. The summed E-state index contributed by atoms with van der Waals surface area (Å²) in [7, 11) is 0. The van der Waals surface area contributed by atoms with Gasteiger partial charge in [-0.2, -0.15) is 5.26 Å². The zero-order valence-corrected chi connectivity index (χ0v) is 19.9. The maximum absolute atomic E-state index is 9.21. The normalized spacial score (nSPS) is 10.8. The minimum atomic E-state index is 0.531. The Balaban J connectivity index is 1.54. The number of nitrogens with zero attached hydrogens (tertiary/aromatic N) is 3. The summed E-state index contributed by atoms with van der Waals surface area (Å²) in [6.07, 6.45) is 3.87. The summed E-state index contributed by atoms with van der Waals surface area (Å²) in [6.45, 7) is 9.50. The molecule has 0 saturated carbocycles. The van der Waals surface area contributed by atoms with E-state index in [0.717, 1.165) is 28.2 Å². The molecular weight excluding hydrogens is 438 g/mol. The number of hydrogen-bond donors (Lipinski definition) is 0. The van der Waals surface area contributed by atoms with E-state index in [4.69, 9.17) is 6.57 Å². The van der Waals surface area contributed by atoms with E-state index in [2.05, 4.69) is 114 Å². The van der Waals surface area contributed by atoms with Crippen molar-refractivity contribution in [1.29, 1.82) is 5.26 Å². The van der Waals surface area contributed by atoms with Crippen LogP contribution in [0.5, 0.6) is 0 Å². The van der Waals surface area contributed by atoms with E-state index in [-0.39, 0.29) is 0 Å². The number of hydrogen-bond acceptors (Lipinski definition) is 2. The first kappa shape index (κ1) is 22.7. The number of benzene rings is 5. The van der Waals surface area contributed by atoms with Crippen LogP contribution in [0.15, 0.2) is 109 Å². The van der Waals surface area contributed by atoms with Crippen molar-refractivity contribution in [2.45, 2.75) is 6.92 Å². The largest absolute Gasteiger partial charge is 0.310 e. The van der Waals surface area contributed by atoms with Gasteiger partial charge in [-0.3, -0.25) is 0 Å². The highest BCUT2D eigenvalue weighted by Gasteiger charge is 2.15. The van der Waals surface area contributed by atoms with Gasteiger partial charge in [-0.1, -0.05) is 90.5 Å². The fraction of sp³-hybridized carbons (Fsp3) is 0.0303. The van der Waals surface area contributed by atoms with Crippen LogP contribution < -0.4 is 4.90 Å². The van der Waals surface area contributed by atoms with Crippen LogP contribution in [0.4, 0.5) is 22.7 Å². The highest BCUT2D eigenvalue weighted by molar-refractivity contribution is 5.98. The van der Waals surface area contributed by atoms with Crippen molar-refractivity contribution in [2.75, 3.05) is 4.90 Å². The van der Waals surface area contributed by atoms with E-state index in [0.29, 0.717) is 11.3 Å². The second-order valence-electron chi connectivity index (χ2n) is 8.59. The maximum Gasteiger partial charge on any atom is 0.194 e. The van der Waals surface area contributed by atoms with Crippen LogP contribution >= 0.6 is 0 Å². The first-order valence-electron chi connectivity index (χ1n) is 11.7. The lowest BCUT2D eigenvalue weighted by Gasteiger charge is -2.27.